The summed E-state index contributed by atoms with van der Waals surface area (Å²) < 4.78 is 16.2. The molecule has 0 atom stereocenters. The Balaban J connectivity index is 1.80. The Morgan fingerprint density at radius 1 is 1.06 bits per heavy atom. The molecule has 1 saturated carbocycles. The van der Waals surface area contributed by atoms with Gasteiger partial charge < -0.3 is 14.5 Å². The zero-order chi connectivity index (χ0) is 21.4. The van der Waals surface area contributed by atoms with Gasteiger partial charge in [-0.3, -0.25) is 0 Å². The molecule has 1 N–H and O–H groups in total. The third-order valence-corrected chi connectivity index (χ3v) is 6.21. The number of aromatic amines is 1. The molecular weight excluding hydrogens is 389 g/mol. The van der Waals surface area contributed by atoms with Crippen LogP contribution in [-0.4, -0.2) is 38.5 Å². The van der Waals surface area contributed by atoms with Gasteiger partial charge in [-0.05, 0) is 63.3 Å². The lowest BCUT2D eigenvalue weighted by molar-refractivity contribution is 0.323. The summed E-state index contributed by atoms with van der Waals surface area (Å²) in [6, 6.07) is 11.3. The average molecular weight is 418 g/mol. The van der Waals surface area contributed by atoms with E-state index in [1.54, 1.807) is 0 Å². The van der Waals surface area contributed by atoms with E-state index in [-0.39, 0.29) is 5.82 Å². The van der Waals surface area contributed by atoms with E-state index in [9.17, 15) is 4.39 Å². The summed E-state index contributed by atoms with van der Waals surface area (Å²) in [7, 11) is 4.15. The Labute approximate surface area is 181 Å². The van der Waals surface area contributed by atoms with E-state index in [2.05, 4.69) is 45.7 Å². The highest BCUT2D eigenvalue weighted by Crippen LogP contribution is 2.41. The molecule has 3 aromatic heterocycles. The number of halogens is 1. The smallest absolute Gasteiger partial charge is 0.137 e. The van der Waals surface area contributed by atoms with Gasteiger partial charge in [0.1, 0.15) is 17.3 Å². The number of H-pyrrole nitrogens is 1. The summed E-state index contributed by atoms with van der Waals surface area (Å²) in [5.41, 5.74) is 4.95. The largest absolute Gasteiger partial charge is 0.346 e. The maximum atomic E-state index is 13.7. The molecule has 1 aliphatic rings. The number of rotatable bonds is 5. The van der Waals surface area contributed by atoms with E-state index in [4.69, 9.17) is 4.98 Å². The SMILES string of the molecule is CN(C)Cc1nc(-c2ccc(F)cc2)c(-c2ccnc3[nH]ccc23)n1C1CCCCC1. The minimum Gasteiger partial charge on any atom is -0.346 e. The van der Waals surface area contributed by atoms with Crippen LogP contribution in [0.1, 0.15) is 44.0 Å². The number of benzene rings is 1. The van der Waals surface area contributed by atoms with Gasteiger partial charge >= 0.3 is 0 Å². The van der Waals surface area contributed by atoms with Crippen LogP contribution in [0, 0.1) is 5.82 Å². The van der Waals surface area contributed by atoms with Gasteiger partial charge in [0.05, 0.1) is 17.9 Å². The van der Waals surface area contributed by atoms with Crippen LogP contribution in [0.15, 0.2) is 48.8 Å². The molecule has 6 heteroatoms. The van der Waals surface area contributed by atoms with Crippen LogP contribution in [0.25, 0.3) is 33.5 Å². The summed E-state index contributed by atoms with van der Waals surface area (Å²) in [5, 5.41) is 1.08. The van der Waals surface area contributed by atoms with Crippen LogP contribution in [0.2, 0.25) is 0 Å². The van der Waals surface area contributed by atoms with Crippen LogP contribution >= 0.6 is 0 Å². The fourth-order valence-corrected chi connectivity index (χ4v) is 4.84. The molecule has 0 unspecified atom stereocenters. The fourth-order valence-electron chi connectivity index (χ4n) is 4.84. The molecule has 0 saturated heterocycles. The standard InChI is InChI=1S/C25H28FN5/c1-30(2)16-22-29-23(17-8-10-18(26)11-9-17)24(31(22)19-6-4-3-5-7-19)20-12-14-27-25-21(20)13-15-28-25/h8-15,19H,3-7,16H2,1-2H3,(H,27,28). The lowest BCUT2D eigenvalue weighted by Gasteiger charge is -2.28. The molecule has 1 aromatic carbocycles. The second-order valence-corrected chi connectivity index (χ2v) is 8.73. The van der Waals surface area contributed by atoms with Gasteiger partial charge in [-0.2, -0.15) is 0 Å². The van der Waals surface area contributed by atoms with Gasteiger partial charge in [0.2, 0.25) is 0 Å². The van der Waals surface area contributed by atoms with Gasteiger partial charge in [0.25, 0.3) is 0 Å². The molecule has 0 amide bonds. The van der Waals surface area contributed by atoms with E-state index in [0.29, 0.717) is 6.04 Å². The zero-order valence-electron chi connectivity index (χ0n) is 18.1. The number of nitrogens with one attached hydrogen (secondary N) is 1. The minimum absolute atomic E-state index is 0.234. The molecule has 5 nitrogen and oxygen atoms in total. The van der Waals surface area contributed by atoms with Gasteiger partial charge in [0.15, 0.2) is 0 Å². The molecule has 5 rings (SSSR count). The number of nitrogens with zero attached hydrogens (tertiary/aromatic N) is 4. The van der Waals surface area contributed by atoms with E-state index in [1.807, 2.05) is 24.5 Å². The molecular formula is C25H28FN5. The van der Waals surface area contributed by atoms with E-state index < -0.39 is 0 Å². The van der Waals surface area contributed by atoms with E-state index in [0.717, 1.165) is 58.8 Å². The first-order valence-electron chi connectivity index (χ1n) is 11.1. The Hall–Kier alpha value is -2.99. The van der Waals surface area contributed by atoms with Crippen molar-refractivity contribution in [2.45, 2.75) is 44.7 Å². The van der Waals surface area contributed by atoms with Crippen molar-refractivity contribution in [1.82, 2.24) is 24.4 Å². The Morgan fingerprint density at radius 3 is 2.58 bits per heavy atom. The Kier molecular flexibility index (Phi) is 5.32. The first kappa shape index (κ1) is 19.9. The number of aromatic nitrogens is 4. The zero-order valence-corrected chi connectivity index (χ0v) is 18.1. The van der Waals surface area contributed by atoms with Crippen molar-refractivity contribution in [3.05, 3.63) is 60.4 Å². The number of pyridine rings is 1. The maximum Gasteiger partial charge on any atom is 0.137 e. The predicted octanol–water partition coefficient (Wildman–Crippen LogP) is 5.80. The van der Waals surface area contributed by atoms with Crippen molar-refractivity contribution >= 4 is 11.0 Å². The number of hydrogen-bond donors (Lipinski definition) is 1. The molecule has 0 aliphatic heterocycles. The van der Waals surface area contributed by atoms with Crippen molar-refractivity contribution in [2.75, 3.05) is 14.1 Å². The van der Waals surface area contributed by atoms with Crippen LogP contribution < -0.4 is 0 Å². The summed E-state index contributed by atoms with van der Waals surface area (Å²) in [5.74, 6) is 0.828. The highest BCUT2D eigenvalue weighted by molar-refractivity contribution is 5.96. The van der Waals surface area contributed by atoms with Gasteiger partial charge in [-0.1, -0.05) is 19.3 Å². The summed E-state index contributed by atoms with van der Waals surface area (Å²) in [6.45, 7) is 0.756. The van der Waals surface area contributed by atoms with Gasteiger partial charge in [-0.15, -0.1) is 0 Å². The highest BCUT2D eigenvalue weighted by Gasteiger charge is 2.27. The minimum atomic E-state index is -0.234. The molecule has 0 bridgehead atoms. The molecule has 0 spiro atoms. The molecule has 4 aromatic rings. The molecule has 31 heavy (non-hydrogen) atoms. The number of hydrogen-bond acceptors (Lipinski definition) is 3. The highest BCUT2D eigenvalue weighted by atomic mass is 19.1. The van der Waals surface area contributed by atoms with Crippen LogP contribution in [-0.2, 0) is 6.54 Å². The topological polar surface area (TPSA) is 49.7 Å². The van der Waals surface area contributed by atoms with Crippen LogP contribution in [0.3, 0.4) is 0 Å². The molecule has 1 aliphatic carbocycles. The number of imidazole rings is 1. The molecule has 0 radical (unpaired) electrons. The third-order valence-electron chi connectivity index (χ3n) is 6.21. The summed E-state index contributed by atoms with van der Waals surface area (Å²) >= 11 is 0. The first-order valence-corrected chi connectivity index (χ1v) is 11.1. The van der Waals surface area contributed by atoms with E-state index in [1.165, 1.54) is 31.4 Å². The first-order chi connectivity index (χ1) is 15.1. The second kappa shape index (κ2) is 8.27. The van der Waals surface area contributed by atoms with Crippen molar-refractivity contribution in [2.24, 2.45) is 0 Å². The van der Waals surface area contributed by atoms with Crippen molar-refractivity contribution in [3.63, 3.8) is 0 Å². The molecule has 3 heterocycles. The quantitative estimate of drug-likeness (QED) is 0.446. The molecule has 160 valence electrons. The maximum absolute atomic E-state index is 13.7. The Bertz CT molecular complexity index is 1180. The van der Waals surface area contributed by atoms with Crippen molar-refractivity contribution in [3.8, 4) is 22.5 Å². The Morgan fingerprint density at radius 2 is 1.84 bits per heavy atom. The second-order valence-electron chi connectivity index (χ2n) is 8.73. The van der Waals surface area contributed by atoms with Crippen LogP contribution in [0.5, 0.6) is 0 Å². The summed E-state index contributed by atoms with van der Waals surface area (Å²) in [4.78, 5) is 15.1. The average Bonchev–Trinajstić information content (AvgIpc) is 3.39. The predicted molar refractivity (Wildman–Crippen MR) is 122 cm³/mol. The van der Waals surface area contributed by atoms with Gasteiger partial charge in [0, 0.05) is 34.9 Å². The molecule has 1 fully saturated rings. The fraction of sp³-hybridized carbons (Fsp3) is 0.360. The lowest BCUT2D eigenvalue weighted by Crippen LogP contribution is -2.21. The van der Waals surface area contributed by atoms with E-state index >= 15 is 0 Å². The van der Waals surface area contributed by atoms with Gasteiger partial charge in [-0.25, -0.2) is 14.4 Å². The third kappa shape index (κ3) is 3.76. The van der Waals surface area contributed by atoms with Crippen molar-refractivity contribution in [1.29, 1.82) is 0 Å². The van der Waals surface area contributed by atoms with Crippen LogP contribution in [0.4, 0.5) is 4.39 Å². The monoisotopic (exact) mass is 417 g/mol. The normalized spacial score (nSPS) is 15.2. The van der Waals surface area contributed by atoms with Crippen molar-refractivity contribution < 1.29 is 4.39 Å². The lowest BCUT2D eigenvalue weighted by atomic mass is 9.94. The summed E-state index contributed by atoms with van der Waals surface area (Å²) in [6.07, 6.45) is 9.89. The number of fused-ring (bicyclic) bond motifs is 1.